The van der Waals surface area contributed by atoms with E-state index in [0.717, 1.165) is 22.6 Å². The predicted octanol–water partition coefficient (Wildman–Crippen LogP) is 3.76. The summed E-state index contributed by atoms with van der Waals surface area (Å²) in [5, 5.41) is 3.37. The zero-order valence-electron chi connectivity index (χ0n) is 14.0. The molecule has 7 heteroatoms. The number of rotatable bonds is 4. The Kier molecular flexibility index (Phi) is 4.13. The van der Waals surface area contributed by atoms with Crippen molar-refractivity contribution in [3.05, 3.63) is 64.5 Å². The summed E-state index contributed by atoms with van der Waals surface area (Å²) in [6.07, 6.45) is 0.836. The van der Waals surface area contributed by atoms with Gasteiger partial charge in [-0.1, -0.05) is 31.2 Å². The molecule has 0 saturated carbocycles. The van der Waals surface area contributed by atoms with E-state index in [1.165, 1.54) is 41.2 Å². The molecule has 0 unspecified atom stereocenters. The first-order valence-electron chi connectivity index (χ1n) is 8.20. The molecule has 1 aliphatic rings. The molecule has 0 spiro atoms. The SMILES string of the molecule is CCS(=O)(=O)c1ccc(C(=O)Nc2nc3c(s2)Cc2ccccc2-3)cc1. The summed E-state index contributed by atoms with van der Waals surface area (Å²) in [5.74, 6) is -0.267. The highest BCUT2D eigenvalue weighted by Gasteiger charge is 2.23. The van der Waals surface area contributed by atoms with Gasteiger partial charge in [-0.25, -0.2) is 13.4 Å². The number of carbonyl (C=O) groups excluding carboxylic acids is 1. The van der Waals surface area contributed by atoms with Crippen LogP contribution in [-0.2, 0) is 16.3 Å². The third-order valence-corrected chi connectivity index (χ3v) is 7.12. The Hall–Kier alpha value is -2.51. The first-order chi connectivity index (χ1) is 12.5. The van der Waals surface area contributed by atoms with Gasteiger partial charge in [-0.15, -0.1) is 11.3 Å². The van der Waals surface area contributed by atoms with Gasteiger partial charge in [0.25, 0.3) is 5.91 Å². The predicted molar refractivity (Wildman–Crippen MR) is 102 cm³/mol. The summed E-state index contributed by atoms with van der Waals surface area (Å²) in [5.41, 5.74) is 3.71. The average Bonchev–Trinajstić information content (AvgIpc) is 3.19. The summed E-state index contributed by atoms with van der Waals surface area (Å²) in [4.78, 5) is 18.3. The van der Waals surface area contributed by atoms with Gasteiger partial charge in [-0.3, -0.25) is 10.1 Å². The molecule has 0 atom stereocenters. The second kappa shape index (κ2) is 6.34. The Morgan fingerprint density at radius 3 is 2.62 bits per heavy atom. The minimum absolute atomic E-state index is 0.0324. The lowest BCUT2D eigenvalue weighted by atomic mass is 10.1. The topological polar surface area (TPSA) is 76.1 Å². The van der Waals surface area contributed by atoms with Gasteiger partial charge in [0.1, 0.15) is 0 Å². The highest BCUT2D eigenvalue weighted by molar-refractivity contribution is 7.91. The van der Waals surface area contributed by atoms with Crippen molar-refractivity contribution in [1.29, 1.82) is 0 Å². The summed E-state index contributed by atoms with van der Waals surface area (Å²) in [6, 6.07) is 14.1. The zero-order valence-corrected chi connectivity index (χ0v) is 15.7. The van der Waals surface area contributed by atoms with Crippen molar-refractivity contribution in [2.75, 3.05) is 11.1 Å². The van der Waals surface area contributed by atoms with Crippen LogP contribution < -0.4 is 5.32 Å². The van der Waals surface area contributed by atoms with Gasteiger partial charge in [0.2, 0.25) is 0 Å². The number of sulfone groups is 1. The maximum Gasteiger partial charge on any atom is 0.257 e. The number of hydrogen-bond acceptors (Lipinski definition) is 5. The molecule has 132 valence electrons. The van der Waals surface area contributed by atoms with Gasteiger partial charge >= 0.3 is 0 Å². The largest absolute Gasteiger partial charge is 0.298 e. The maximum absolute atomic E-state index is 12.4. The van der Waals surface area contributed by atoms with Crippen molar-refractivity contribution in [1.82, 2.24) is 4.98 Å². The van der Waals surface area contributed by atoms with Gasteiger partial charge in [-0.2, -0.15) is 0 Å². The molecule has 1 heterocycles. The molecule has 1 N–H and O–H groups in total. The van der Waals surface area contributed by atoms with Crippen LogP contribution in [0, 0.1) is 0 Å². The molecule has 26 heavy (non-hydrogen) atoms. The number of hydrogen-bond donors (Lipinski definition) is 1. The van der Waals surface area contributed by atoms with Crippen LogP contribution >= 0.6 is 11.3 Å². The molecule has 0 bridgehead atoms. The van der Waals surface area contributed by atoms with E-state index in [1.807, 2.05) is 18.2 Å². The molecule has 4 rings (SSSR count). The maximum atomic E-state index is 12.4. The van der Waals surface area contributed by atoms with E-state index in [0.29, 0.717) is 10.7 Å². The molecule has 1 aliphatic carbocycles. The minimum Gasteiger partial charge on any atom is -0.298 e. The van der Waals surface area contributed by atoms with E-state index in [4.69, 9.17) is 0 Å². The molecule has 0 saturated heterocycles. The molecule has 3 aromatic rings. The third kappa shape index (κ3) is 2.93. The lowest BCUT2D eigenvalue weighted by Crippen LogP contribution is -2.12. The molecule has 0 radical (unpaired) electrons. The van der Waals surface area contributed by atoms with Crippen molar-refractivity contribution in [2.45, 2.75) is 18.2 Å². The summed E-state index contributed by atoms with van der Waals surface area (Å²) in [7, 11) is -3.27. The second-order valence-corrected chi connectivity index (χ2v) is 9.37. The van der Waals surface area contributed by atoms with Crippen LogP contribution in [0.25, 0.3) is 11.3 Å². The number of thiazole rings is 1. The van der Waals surface area contributed by atoms with Crippen molar-refractivity contribution in [2.24, 2.45) is 0 Å². The molecule has 2 aromatic carbocycles. The van der Waals surface area contributed by atoms with Gasteiger partial charge in [0, 0.05) is 22.4 Å². The van der Waals surface area contributed by atoms with Crippen LogP contribution in [0.1, 0.15) is 27.7 Å². The number of anilines is 1. The summed E-state index contributed by atoms with van der Waals surface area (Å²) < 4.78 is 23.7. The number of carbonyl (C=O) groups is 1. The van der Waals surface area contributed by atoms with Crippen LogP contribution in [-0.4, -0.2) is 25.1 Å². The van der Waals surface area contributed by atoms with E-state index in [2.05, 4.69) is 16.4 Å². The number of aromatic nitrogens is 1. The zero-order chi connectivity index (χ0) is 18.3. The number of nitrogens with zero attached hydrogens (tertiary/aromatic N) is 1. The Morgan fingerprint density at radius 2 is 1.88 bits per heavy atom. The van der Waals surface area contributed by atoms with E-state index < -0.39 is 9.84 Å². The van der Waals surface area contributed by atoms with Crippen LogP contribution in [0.4, 0.5) is 5.13 Å². The fraction of sp³-hybridized carbons (Fsp3) is 0.158. The van der Waals surface area contributed by atoms with Crippen molar-refractivity contribution in [3.8, 4) is 11.3 Å². The second-order valence-electron chi connectivity index (χ2n) is 6.01. The molecular weight excluding hydrogens is 368 g/mol. The first kappa shape index (κ1) is 16.9. The Labute approximate surface area is 155 Å². The molecule has 0 aliphatic heterocycles. The number of nitrogens with one attached hydrogen (secondary N) is 1. The smallest absolute Gasteiger partial charge is 0.257 e. The fourth-order valence-corrected chi connectivity index (χ4v) is 4.84. The Bertz CT molecular complexity index is 1100. The Morgan fingerprint density at radius 1 is 1.15 bits per heavy atom. The lowest BCUT2D eigenvalue weighted by molar-refractivity contribution is 0.102. The summed E-state index contributed by atoms with van der Waals surface area (Å²) >= 11 is 1.47. The van der Waals surface area contributed by atoms with Crippen molar-refractivity contribution < 1.29 is 13.2 Å². The molecule has 5 nitrogen and oxygen atoms in total. The van der Waals surface area contributed by atoms with E-state index >= 15 is 0 Å². The molecule has 0 fully saturated rings. The molecule has 1 amide bonds. The monoisotopic (exact) mass is 384 g/mol. The van der Waals surface area contributed by atoms with Gasteiger partial charge in [0.05, 0.1) is 16.3 Å². The fourth-order valence-electron chi connectivity index (χ4n) is 2.96. The highest BCUT2D eigenvalue weighted by atomic mass is 32.2. The summed E-state index contributed by atoms with van der Waals surface area (Å²) in [6.45, 7) is 1.59. The normalized spacial score (nSPS) is 12.5. The molecule has 1 aromatic heterocycles. The standard InChI is InChI=1S/C19H16N2O3S2/c1-2-26(23,24)14-9-7-12(8-10-14)18(22)21-19-20-17-15-6-4-3-5-13(15)11-16(17)25-19/h3-10H,2,11H2,1H3,(H,20,21,22). The quantitative estimate of drug-likeness (QED) is 0.581. The van der Waals surface area contributed by atoms with Crippen LogP contribution in [0.15, 0.2) is 53.4 Å². The van der Waals surface area contributed by atoms with Crippen LogP contribution in [0.5, 0.6) is 0 Å². The van der Waals surface area contributed by atoms with E-state index in [9.17, 15) is 13.2 Å². The number of amides is 1. The Balaban J connectivity index is 1.54. The van der Waals surface area contributed by atoms with Crippen molar-refractivity contribution in [3.63, 3.8) is 0 Å². The van der Waals surface area contributed by atoms with Gasteiger partial charge < -0.3 is 0 Å². The van der Waals surface area contributed by atoms with Crippen LogP contribution in [0.3, 0.4) is 0 Å². The number of fused-ring (bicyclic) bond motifs is 3. The first-order valence-corrected chi connectivity index (χ1v) is 10.7. The van der Waals surface area contributed by atoms with Crippen molar-refractivity contribution >= 4 is 32.2 Å². The van der Waals surface area contributed by atoms with Gasteiger partial charge in [0.15, 0.2) is 15.0 Å². The lowest BCUT2D eigenvalue weighted by Gasteiger charge is -2.04. The van der Waals surface area contributed by atoms with Gasteiger partial charge in [-0.05, 0) is 29.8 Å². The average molecular weight is 384 g/mol. The number of benzene rings is 2. The minimum atomic E-state index is -3.27. The van der Waals surface area contributed by atoms with E-state index in [1.54, 1.807) is 6.92 Å². The van der Waals surface area contributed by atoms with Crippen LogP contribution in [0.2, 0.25) is 0 Å². The van der Waals surface area contributed by atoms with E-state index in [-0.39, 0.29) is 16.6 Å². The highest BCUT2D eigenvalue weighted by Crippen LogP contribution is 2.40. The molecular formula is C19H16N2O3S2. The third-order valence-electron chi connectivity index (χ3n) is 4.40.